The van der Waals surface area contributed by atoms with E-state index in [0.29, 0.717) is 0 Å². The maximum Gasteiger partial charge on any atom is 0.155 e. The molecule has 1 aliphatic heterocycles. The number of nitrogens with zero attached hydrogens (tertiary/aromatic N) is 1. The molecule has 1 radical (unpaired) electrons. The molecule has 4 heteroatoms. The van der Waals surface area contributed by atoms with Gasteiger partial charge in [-0.25, -0.2) is 0 Å². The van der Waals surface area contributed by atoms with Gasteiger partial charge in [0.1, 0.15) is 0 Å². The minimum atomic E-state index is -0.125. The fourth-order valence-electron chi connectivity index (χ4n) is 3.74. The van der Waals surface area contributed by atoms with E-state index in [1.807, 2.05) is 12.3 Å². The van der Waals surface area contributed by atoms with Crippen LogP contribution in [0, 0.1) is 6.07 Å². The van der Waals surface area contributed by atoms with Crippen molar-refractivity contribution in [3.63, 3.8) is 0 Å². The zero-order valence-corrected chi connectivity index (χ0v) is 18.3. The van der Waals surface area contributed by atoms with Crippen LogP contribution in [0.4, 0.5) is 0 Å². The summed E-state index contributed by atoms with van der Waals surface area (Å²) < 4.78 is 0. The number of aliphatic hydroxyl groups is 1. The fraction of sp³-hybridized carbons (Fsp3) is 0.261. The number of carbonyl (C=O) groups excluding carboxylic acids is 1. The summed E-state index contributed by atoms with van der Waals surface area (Å²) in [7, 11) is 0. The van der Waals surface area contributed by atoms with Gasteiger partial charge in [0, 0.05) is 26.2 Å². The molecule has 0 aromatic heterocycles. The first kappa shape index (κ1) is 21.1. The van der Waals surface area contributed by atoms with E-state index in [4.69, 9.17) is 10.4 Å². The van der Waals surface area contributed by atoms with E-state index in [0.717, 1.165) is 0 Å². The molecule has 27 heavy (non-hydrogen) atoms. The van der Waals surface area contributed by atoms with Crippen LogP contribution in [0.15, 0.2) is 54.4 Å². The topological polar surface area (TPSA) is 51.4 Å². The number of ketones is 1. The third kappa shape index (κ3) is 4.07. The van der Waals surface area contributed by atoms with Gasteiger partial charge in [-0.05, 0) is 30.4 Å². The summed E-state index contributed by atoms with van der Waals surface area (Å²) in [5.41, 5.74) is 6.67. The standard InChI is InChI=1S/C18H15N.C5H8O2.Ir/c1-18(2)14-8-4-3-7-13(14)17-16-12(10-11-19-17)6-5-9-15(16)18;1-4(6)3-5(2)7;/h3-6,8-11,17H,1-2H3;3,6H,1-2H3;/q-2;;/b;4-3-;. The van der Waals surface area contributed by atoms with Crippen molar-refractivity contribution in [3.05, 3.63) is 93.6 Å². The van der Waals surface area contributed by atoms with Crippen molar-refractivity contribution in [2.24, 2.45) is 0 Å². The molecule has 0 spiro atoms. The number of allylic oxidation sites excluding steroid dienone is 2. The third-order valence-electron chi connectivity index (χ3n) is 4.82. The Kier molecular flexibility index (Phi) is 6.46. The molecule has 1 unspecified atom stereocenters. The fourth-order valence-corrected chi connectivity index (χ4v) is 3.74. The minimum absolute atomic E-state index is 0. The van der Waals surface area contributed by atoms with E-state index >= 15 is 0 Å². The van der Waals surface area contributed by atoms with Crippen LogP contribution in [0.3, 0.4) is 0 Å². The predicted molar refractivity (Wildman–Crippen MR) is 105 cm³/mol. The van der Waals surface area contributed by atoms with Gasteiger partial charge in [0.25, 0.3) is 0 Å². The molecular weight excluding hydrogens is 514 g/mol. The average Bonchev–Trinajstić information content (AvgIpc) is 2.59. The Morgan fingerprint density at radius 2 is 1.89 bits per heavy atom. The zero-order chi connectivity index (χ0) is 18.9. The van der Waals surface area contributed by atoms with Crippen molar-refractivity contribution in [2.75, 3.05) is 0 Å². The monoisotopic (exact) mass is 538 g/mol. The molecule has 1 aliphatic carbocycles. The second-order valence-electron chi connectivity index (χ2n) is 7.19. The van der Waals surface area contributed by atoms with Crippen LogP contribution in [0.5, 0.6) is 0 Å². The van der Waals surface area contributed by atoms with Crippen LogP contribution in [0.25, 0.3) is 11.4 Å². The van der Waals surface area contributed by atoms with Crippen LogP contribution in [-0.4, -0.2) is 10.9 Å². The van der Waals surface area contributed by atoms with Crippen molar-refractivity contribution in [2.45, 2.75) is 39.2 Å². The average molecular weight is 538 g/mol. The zero-order valence-electron chi connectivity index (χ0n) is 15.9. The minimum Gasteiger partial charge on any atom is -0.682 e. The Balaban J connectivity index is 0.000000285. The second kappa shape index (κ2) is 8.24. The van der Waals surface area contributed by atoms with E-state index in [1.54, 1.807) is 0 Å². The SMILES string of the molecule is CC(=O)/C=C(/C)O.CC1(C)c2ccc[c-]c2C2[N-]C=Cc3cccc1c32.[Ir]. The van der Waals surface area contributed by atoms with Crippen molar-refractivity contribution in [1.29, 1.82) is 0 Å². The second-order valence-corrected chi connectivity index (χ2v) is 7.19. The Bertz CT molecular complexity index is 908. The summed E-state index contributed by atoms with van der Waals surface area (Å²) in [6, 6.07) is 16.4. The largest absolute Gasteiger partial charge is 0.682 e. The van der Waals surface area contributed by atoms with Crippen molar-refractivity contribution in [3.8, 4) is 0 Å². The summed E-state index contributed by atoms with van der Waals surface area (Å²) in [4.78, 5) is 10.0. The first-order valence-corrected chi connectivity index (χ1v) is 8.71. The van der Waals surface area contributed by atoms with Gasteiger partial charge >= 0.3 is 0 Å². The number of benzene rings is 2. The molecule has 2 aromatic rings. The first-order chi connectivity index (χ1) is 12.3. The number of hydrogen-bond donors (Lipinski definition) is 1. The van der Waals surface area contributed by atoms with Gasteiger partial charge in [-0.3, -0.25) is 4.79 Å². The molecule has 2 aromatic carbocycles. The van der Waals surface area contributed by atoms with E-state index in [2.05, 4.69) is 56.3 Å². The Hall–Kier alpha value is -2.16. The molecule has 0 amide bonds. The van der Waals surface area contributed by atoms with Gasteiger partial charge in [-0.2, -0.15) is 36.0 Å². The molecule has 2 aliphatic rings. The van der Waals surface area contributed by atoms with Gasteiger partial charge in [-0.1, -0.05) is 49.7 Å². The van der Waals surface area contributed by atoms with Gasteiger partial charge in [-0.15, -0.1) is 5.56 Å². The number of aliphatic hydroxyl groups excluding tert-OH is 1. The third-order valence-corrected chi connectivity index (χ3v) is 4.82. The normalized spacial score (nSPS) is 17.9. The van der Waals surface area contributed by atoms with E-state index in [1.165, 1.54) is 47.7 Å². The smallest absolute Gasteiger partial charge is 0.155 e. The van der Waals surface area contributed by atoms with E-state index < -0.39 is 0 Å². The van der Waals surface area contributed by atoms with Gasteiger partial charge in [0.05, 0.1) is 5.76 Å². The molecule has 3 nitrogen and oxygen atoms in total. The number of carbonyl (C=O) groups is 1. The molecule has 1 N–H and O–H groups in total. The summed E-state index contributed by atoms with van der Waals surface area (Å²) in [5, 5.41) is 13.1. The van der Waals surface area contributed by atoms with Crippen molar-refractivity contribution >= 4 is 11.9 Å². The van der Waals surface area contributed by atoms with Crippen LogP contribution in [-0.2, 0) is 30.3 Å². The molecule has 0 fully saturated rings. The van der Waals surface area contributed by atoms with Crippen LogP contribution < -0.4 is 0 Å². The molecule has 143 valence electrons. The van der Waals surface area contributed by atoms with Crippen molar-refractivity contribution < 1.29 is 30.0 Å². The number of hydrogen-bond acceptors (Lipinski definition) is 2. The Labute approximate surface area is 174 Å². The summed E-state index contributed by atoms with van der Waals surface area (Å²) >= 11 is 0. The summed E-state index contributed by atoms with van der Waals surface area (Å²) in [5.74, 6) is -0.0625. The van der Waals surface area contributed by atoms with Crippen LogP contribution in [0.1, 0.15) is 61.6 Å². The molecular formula is C23H23IrNO2-2. The molecule has 0 saturated heterocycles. The Morgan fingerprint density at radius 1 is 1.19 bits per heavy atom. The van der Waals surface area contributed by atoms with E-state index in [9.17, 15) is 4.79 Å². The first-order valence-electron chi connectivity index (χ1n) is 8.71. The van der Waals surface area contributed by atoms with Gasteiger partial charge < -0.3 is 10.4 Å². The summed E-state index contributed by atoms with van der Waals surface area (Å²) in [6.07, 6.45) is 5.21. The number of fused-ring (bicyclic) bond motifs is 2. The van der Waals surface area contributed by atoms with Crippen molar-refractivity contribution in [1.82, 2.24) is 0 Å². The number of rotatable bonds is 1. The molecule has 0 bridgehead atoms. The summed E-state index contributed by atoms with van der Waals surface area (Å²) in [6.45, 7) is 7.44. The molecule has 1 atom stereocenters. The van der Waals surface area contributed by atoms with Crippen LogP contribution in [0.2, 0.25) is 0 Å². The quantitative estimate of drug-likeness (QED) is 0.292. The van der Waals surface area contributed by atoms with Gasteiger partial charge in [0.2, 0.25) is 0 Å². The maximum atomic E-state index is 10.0. The predicted octanol–water partition coefficient (Wildman–Crippen LogP) is 5.61. The van der Waals surface area contributed by atoms with E-state index in [-0.39, 0.29) is 43.1 Å². The maximum absolute atomic E-state index is 10.0. The molecule has 0 saturated carbocycles. The van der Waals surface area contributed by atoms with Crippen LogP contribution >= 0.6 is 0 Å². The van der Waals surface area contributed by atoms with Gasteiger partial charge in [0.15, 0.2) is 5.78 Å². The Morgan fingerprint density at radius 3 is 2.52 bits per heavy atom. The molecule has 1 heterocycles. The molecule has 4 rings (SSSR count).